The van der Waals surface area contributed by atoms with Crippen molar-refractivity contribution in [1.82, 2.24) is 4.57 Å². The summed E-state index contributed by atoms with van der Waals surface area (Å²) in [5.74, 6) is 0. The lowest BCUT2D eigenvalue weighted by atomic mass is 10.1. The van der Waals surface area contributed by atoms with Crippen LogP contribution in [0.1, 0.15) is 19.8 Å². The van der Waals surface area contributed by atoms with Crippen LogP contribution in [0.5, 0.6) is 0 Å². The zero-order valence-corrected chi connectivity index (χ0v) is 16.2. The van der Waals surface area contributed by atoms with E-state index in [4.69, 9.17) is 23.2 Å². The number of benzene rings is 2. The maximum absolute atomic E-state index is 10.6. The maximum atomic E-state index is 10.6. The van der Waals surface area contributed by atoms with Gasteiger partial charge in [0.05, 0.1) is 20.1 Å². The Morgan fingerprint density at radius 1 is 1.04 bits per heavy atom. The first-order valence-electron chi connectivity index (χ1n) is 8.86. The molecule has 5 heteroatoms. The SMILES string of the molecule is CCCC[NH+](C)C[C@H](O)Cn1c2ccc(Cl)cc2c2cc(Cl)ccc21. The molecule has 2 atom stereocenters. The second kappa shape index (κ2) is 7.96. The zero-order valence-electron chi connectivity index (χ0n) is 14.7. The second-order valence-corrected chi connectivity index (χ2v) is 7.73. The molecule has 1 unspecified atom stereocenters. The maximum Gasteiger partial charge on any atom is 0.121 e. The zero-order chi connectivity index (χ0) is 18.0. The molecule has 0 aliphatic heterocycles. The monoisotopic (exact) mass is 379 g/mol. The number of hydrogen-bond acceptors (Lipinski definition) is 1. The van der Waals surface area contributed by atoms with E-state index in [1.165, 1.54) is 17.7 Å². The lowest BCUT2D eigenvalue weighted by Crippen LogP contribution is -3.10. The number of rotatable bonds is 7. The standard InChI is InChI=1S/C20H24Cl2N2O/c1-3-4-9-23(2)12-16(25)13-24-19-7-5-14(21)10-17(19)18-11-15(22)6-8-20(18)24/h5-8,10-11,16,25H,3-4,9,12-13H2,1-2H3/p+1/t16-/m0/s1. The van der Waals surface area contributed by atoms with Gasteiger partial charge in [-0.1, -0.05) is 36.5 Å². The van der Waals surface area contributed by atoms with Crippen molar-refractivity contribution in [3.63, 3.8) is 0 Å². The number of hydrogen-bond donors (Lipinski definition) is 2. The van der Waals surface area contributed by atoms with Crippen LogP contribution in [0.4, 0.5) is 0 Å². The number of unbranched alkanes of at least 4 members (excludes halogenated alkanes) is 1. The van der Waals surface area contributed by atoms with Crippen LogP contribution in [-0.4, -0.2) is 35.9 Å². The van der Waals surface area contributed by atoms with Crippen molar-refractivity contribution in [2.24, 2.45) is 0 Å². The molecule has 0 saturated heterocycles. The van der Waals surface area contributed by atoms with E-state index in [9.17, 15) is 5.11 Å². The van der Waals surface area contributed by atoms with Gasteiger partial charge in [0.25, 0.3) is 0 Å². The summed E-state index contributed by atoms with van der Waals surface area (Å²) in [5, 5.41) is 14.2. The molecule has 0 fully saturated rings. The number of quaternary nitrogens is 1. The van der Waals surface area contributed by atoms with E-state index in [2.05, 4.69) is 18.5 Å². The molecule has 1 heterocycles. The van der Waals surface area contributed by atoms with Crippen LogP contribution < -0.4 is 4.90 Å². The van der Waals surface area contributed by atoms with Crippen LogP contribution in [0.2, 0.25) is 10.0 Å². The number of nitrogens with zero attached hydrogens (tertiary/aromatic N) is 1. The van der Waals surface area contributed by atoms with E-state index in [0.717, 1.165) is 34.9 Å². The smallest absolute Gasteiger partial charge is 0.121 e. The highest BCUT2D eigenvalue weighted by Gasteiger charge is 2.17. The van der Waals surface area contributed by atoms with Crippen molar-refractivity contribution in [2.75, 3.05) is 20.1 Å². The Morgan fingerprint density at radius 2 is 1.60 bits per heavy atom. The van der Waals surface area contributed by atoms with Crippen molar-refractivity contribution in [1.29, 1.82) is 0 Å². The third-order valence-corrected chi connectivity index (χ3v) is 5.19. The van der Waals surface area contributed by atoms with Crippen LogP contribution in [-0.2, 0) is 6.54 Å². The molecule has 1 aromatic heterocycles. The van der Waals surface area contributed by atoms with Gasteiger partial charge in [-0.3, -0.25) is 0 Å². The number of aromatic nitrogens is 1. The normalized spacial score (nSPS) is 14.3. The minimum atomic E-state index is -0.401. The average Bonchev–Trinajstić information content (AvgIpc) is 2.85. The summed E-state index contributed by atoms with van der Waals surface area (Å²) in [7, 11) is 2.14. The Kier molecular flexibility index (Phi) is 5.90. The number of aliphatic hydroxyl groups excluding tert-OH is 1. The Morgan fingerprint density at radius 3 is 2.12 bits per heavy atom. The number of aliphatic hydroxyl groups is 1. The Hall–Kier alpha value is -1.26. The molecule has 0 radical (unpaired) electrons. The fourth-order valence-corrected chi connectivity index (χ4v) is 3.85. The van der Waals surface area contributed by atoms with Crippen LogP contribution in [0.3, 0.4) is 0 Å². The van der Waals surface area contributed by atoms with E-state index >= 15 is 0 Å². The van der Waals surface area contributed by atoms with Gasteiger partial charge in [0, 0.05) is 31.9 Å². The van der Waals surface area contributed by atoms with Crippen molar-refractivity contribution in [2.45, 2.75) is 32.4 Å². The predicted octanol–water partition coefficient (Wildman–Crippen LogP) is 3.78. The fourth-order valence-electron chi connectivity index (χ4n) is 3.50. The third kappa shape index (κ3) is 4.12. The first-order chi connectivity index (χ1) is 12.0. The lowest BCUT2D eigenvalue weighted by Gasteiger charge is -2.19. The number of fused-ring (bicyclic) bond motifs is 3. The van der Waals surface area contributed by atoms with Gasteiger partial charge in [-0.15, -0.1) is 0 Å². The van der Waals surface area contributed by atoms with E-state index in [0.29, 0.717) is 16.6 Å². The molecule has 25 heavy (non-hydrogen) atoms. The molecule has 3 nitrogen and oxygen atoms in total. The van der Waals surface area contributed by atoms with Crippen molar-refractivity contribution in [3.05, 3.63) is 46.4 Å². The summed E-state index contributed by atoms with van der Waals surface area (Å²) < 4.78 is 2.18. The van der Waals surface area contributed by atoms with Gasteiger partial charge >= 0.3 is 0 Å². The van der Waals surface area contributed by atoms with Crippen LogP contribution in [0.25, 0.3) is 21.8 Å². The molecular weight excluding hydrogens is 355 g/mol. The van der Waals surface area contributed by atoms with Crippen LogP contribution in [0.15, 0.2) is 36.4 Å². The topological polar surface area (TPSA) is 29.6 Å². The van der Waals surface area contributed by atoms with Gasteiger partial charge in [-0.05, 0) is 42.8 Å². The highest BCUT2D eigenvalue weighted by Crippen LogP contribution is 2.32. The largest absolute Gasteiger partial charge is 0.385 e. The van der Waals surface area contributed by atoms with Crippen molar-refractivity contribution in [3.8, 4) is 0 Å². The van der Waals surface area contributed by atoms with Gasteiger partial charge in [-0.2, -0.15) is 0 Å². The van der Waals surface area contributed by atoms with E-state index in [1.807, 2.05) is 36.4 Å². The molecule has 0 aliphatic carbocycles. The first-order valence-corrected chi connectivity index (χ1v) is 9.61. The van der Waals surface area contributed by atoms with Gasteiger partial charge in [0.15, 0.2) is 0 Å². The van der Waals surface area contributed by atoms with Crippen LogP contribution in [0, 0.1) is 0 Å². The molecule has 2 aromatic carbocycles. The minimum Gasteiger partial charge on any atom is -0.385 e. The van der Waals surface area contributed by atoms with Crippen molar-refractivity contribution >= 4 is 45.0 Å². The lowest BCUT2D eigenvalue weighted by molar-refractivity contribution is -0.883. The van der Waals surface area contributed by atoms with E-state index < -0.39 is 6.10 Å². The quantitative estimate of drug-likeness (QED) is 0.642. The first kappa shape index (κ1) is 18.5. The summed E-state index contributed by atoms with van der Waals surface area (Å²) in [5.41, 5.74) is 2.15. The molecular formula is C20H25Cl2N2O+. The molecule has 0 amide bonds. The molecule has 2 N–H and O–H groups in total. The van der Waals surface area contributed by atoms with Gasteiger partial charge < -0.3 is 14.6 Å². The Labute approximate surface area is 158 Å². The molecule has 0 bridgehead atoms. The van der Waals surface area contributed by atoms with E-state index in [1.54, 1.807) is 0 Å². The highest BCUT2D eigenvalue weighted by atomic mass is 35.5. The Balaban J connectivity index is 1.94. The summed E-state index contributed by atoms with van der Waals surface area (Å²) in [6, 6.07) is 11.8. The predicted molar refractivity (Wildman–Crippen MR) is 107 cm³/mol. The second-order valence-electron chi connectivity index (χ2n) is 6.85. The van der Waals surface area contributed by atoms with Gasteiger partial charge in [0.2, 0.25) is 0 Å². The number of halogens is 2. The molecule has 0 aliphatic rings. The molecule has 3 aromatic rings. The summed E-state index contributed by atoms with van der Waals surface area (Å²) in [6.07, 6.45) is 1.97. The summed E-state index contributed by atoms with van der Waals surface area (Å²) in [4.78, 5) is 1.36. The third-order valence-electron chi connectivity index (χ3n) is 4.72. The summed E-state index contributed by atoms with van der Waals surface area (Å²) in [6.45, 7) is 4.58. The number of likely N-dealkylation sites (N-methyl/N-ethyl adjacent to an activating group) is 1. The highest BCUT2D eigenvalue weighted by molar-refractivity contribution is 6.33. The molecule has 0 saturated carbocycles. The minimum absolute atomic E-state index is 0.401. The molecule has 0 spiro atoms. The molecule has 134 valence electrons. The average molecular weight is 380 g/mol. The van der Waals surface area contributed by atoms with E-state index in [-0.39, 0.29) is 0 Å². The number of nitrogens with one attached hydrogen (secondary N) is 1. The molecule has 3 rings (SSSR count). The van der Waals surface area contributed by atoms with Gasteiger partial charge in [0.1, 0.15) is 12.6 Å². The van der Waals surface area contributed by atoms with Crippen LogP contribution >= 0.6 is 23.2 Å². The fraction of sp³-hybridized carbons (Fsp3) is 0.400. The van der Waals surface area contributed by atoms with Gasteiger partial charge in [-0.25, -0.2) is 0 Å². The summed E-state index contributed by atoms with van der Waals surface area (Å²) >= 11 is 12.4. The Bertz CT molecular complexity index is 816. The van der Waals surface area contributed by atoms with Crippen molar-refractivity contribution < 1.29 is 10.0 Å².